The van der Waals surface area contributed by atoms with Crippen molar-refractivity contribution in [3.8, 4) is 5.75 Å². The minimum Gasteiger partial charge on any atom is -0.497 e. The van der Waals surface area contributed by atoms with Crippen LogP contribution in [0.1, 0.15) is 21.6 Å². The van der Waals surface area contributed by atoms with Crippen molar-refractivity contribution in [1.29, 1.82) is 0 Å². The molecule has 3 aromatic rings. The Bertz CT molecular complexity index is 910. The fourth-order valence-corrected chi connectivity index (χ4v) is 2.55. The number of amides is 1. The Morgan fingerprint density at radius 1 is 1.11 bits per heavy atom. The van der Waals surface area contributed by atoms with Crippen LogP contribution in [0.2, 0.25) is 0 Å². The third-order valence-corrected chi connectivity index (χ3v) is 4.03. The van der Waals surface area contributed by atoms with E-state index in [1.54, 1.807) is 19.4 Å². The van der Waals surface area contributed by atoms with Gasteiger partial charge in [0.15, 0.2) is 0 Å². The topological polar surface area (TPSA) is 76.1 Å². The Hall–Kier alpha value is -3.41. The summed E-state index contributed by atoms with van der Waals surface area (Å²) in [6, 6.07) is 17.1. The lowest BCUT2D eigenvalue weighted by molar-refractivity contribution is 0.102. The number of aromatic nitrogens is 2. The highest BCUT2D eigenvalue weighted by Gasteiger charge is 2.09. The van der Waals surface area contributed by atoms with E-state index >= 15 is 0 Å². The third-order valence-electron chi connectivity index (χ3n) is 4.03. The molecule has 3 rings (SSSR count). The number of hydrogen-bond donors (Lipinski definition) is 2. The molecule has 1 amide bonds. The predicted molar refractivity (Wildman–Crippen MR) is 106 cm³/mol. The Balaban J connectivity index is 1.57. The highest BCUT2D eigenvalue weighted by molar-refractivity contribution is 6.02. The van der Waals surface area contributed by atoms with Gasteiger partial charge in [0, 0.05) is 18.4 Å². The lowest BCUT2D eigenvalue weighted by Crippen LogP contribution is -2.16. The first-order chi connectivity index (χ1) is 13.1. The van der Waals surface area contributed by atoms with Crippen LogP contribution in [0.25, 0.3) is 0 Å². The highest BCUT2D eigenvalue weighted by Crippen LogP contribution is 2.13. The number of ether oxygens (including phenoxy) is 1. The average Bonchev–Trinajstić information content (AvgIpc) is 2.70. The zero-order valence-corrected chi connectivity index (χ0v) is 15.4. The number of nitrogens with one attached hydrogen (secondary N) is 2. The maximum atomic E-state index is 12.4. The molecule has 2 N–H and O–H groups in total. The number of hydrogen-bond acceptors (Lipinski definition) is 5. The van der Waals surface area contributed by atoms with Crippen molar-refractivity contribution in [2.75, 3.05) is 24.3 Å². The van der Waals surface area contributed by atoms with E-state index in [9.17, 15) is 4.79 Å². The maximum Gasteiger partial charge on any atom is 0.274 e. The van der Waals surface area contributed by atoms with Crippen molar-refractivity contribution in [2.45, 2.75) is 13.3 Å². The van der Waals surface area contributed by atoms with Crippen molar-refractivity contribution in [3.63, 3.8) is 0 Å². The molecular weight excluding hydrogens is 340 g/mol. The summed E-state index contributed by atoms with van der Waals surface area (Å²) in [4.78, 5) is 20.8. The zero-order valence-electron chi connectivity index (χ0n) is 15.4. The van der Waals surface area contributed by atoms with Gasteiger partial charge in [-0.2, -0.15) is 0 Å². The van der Waals surface area contributed by atoms with Gasteiger partial charge in [0.1, 0.15) is 11.4 Å². The minimum absolute atomic E-state index is 0.267. The normalized spacial score (nSPS) is 10.3. The number of aryl methyl sites for hydroxylation is 1. The molecule has 0 fully saturated rings. The lowest BCUT2D eigenvalue weighted by Gasteiger charge is -2.08. The molecule has 0 aliphatic rings. The van der Waals surface area contributed by atoms with Gasteiger partial charge < -0.3 is 15.4 Å². The molecule has 0 aliphatic carbocycles. The van der Waals surface area contributed by atoms with Crippen LogP contribution in [-0.2, 0) is 6.42 Å². The Kier molecular flexibility index (Phi) is 5.99. The van der Waals surface area contributed by atoms with Crippen LogP contribution in [0.4, 0.5) is 11.6 Å². The second-order valence-electron chi connectivity index (χ2n) is 6.11. The van der Waals surface area contributed by atoms with E-state index in [-0.39, 0.29) is 5.91 Å². The highest BCUT2D eigenvalue weighted by atomic mass is 16.5. The molecule has 6 nitrogen and oxygen atoms in total. The van der Waals surface area contributed by atoms with E-state index in [1.165, 1.54) is 0 Å². The molecule has 6 heteroatoms. The average molecular weight is 362 g/mol. The maximum absolute atomic E-state index is 12.4. The molecule has 0 saturated carbocycles. The predicted octanol–water partition coefficient (Wildman–Crippen LogP) is 3.70. The molecular formula is C21H22N4O2. The first-order valence-electron chi connectivity index (χ1n) is 8.72. The molecule has 0 spiro atoms. The first-order valence-corrected chi connectivity index (χ1v) is 8.72. The summed E-state index contributed by atoms with van der Waals surface area (Å²) in [7, 11) is 1.65. The van der Waals surface area contributed by atoms with Gasteiger partial charge in [-0.05, 0) is 49.2 Å². The second-order valence-corrected chi connectivity index (χ2v) is 6.11. The minimum atomic E-state index is -0.267. The van der Waals surface area contributed by atoms with Gasteiger partial charge in [-0.1, -0.05) is 29.8 Å². The molecule has 138 valence electrons. The molecule has 0 saturated heterocycles. The standard InChI is InChI=1S/C21H22N4O2/c1-15-6-8-17(9-7-15)24-20(26)19-11-13-23-21(25-19)22-12-10-16-4-3-5-18(14-16)27-2/h3-9,11,13-14H,10,12H2,1-2H3,(H,24,26)(H,22,23,25). The molecule has 2 aromatic carbocycles. The quantitative estimate of drug-likeness (QED) is 0.670. The molecule has 1 heterocycles. The summed E-state index contributed by atoms with van der Waals surface area (Å²) in [6.45, 7) is 2.65. The van der Waals surface area contributed by atoms with Crippen molar-refractivity contribution < 1.29 is 9.53 Å². The summed E-state index contributed by atoms with van der Waals surface area (Å²) >= 11 is 0. The van der Waals surface area contributed by atoms with Crippen LogP contribution >= 0.6 is 0 Å². The molecule has 0 unspecified atom stereocenters. The van der Waals surface area contributed by atoms with E-state index in [4.69, 9.17) is 4.74 Å². The van der Waals surface area contributed by atoms with Gasteiger partial charge >= 0.3 is 0 Å². The van der Waals surface area contributed by atoms with Gasteiger partial charge in [-0.3, -0.25) is 4.79 Å². The van der Waals surface area contributed by atoms with Crippen LogP contribution in [0.15, 0.2) is 60.8 Å². The van der Waals surface area contributed by atoms with E-state index in [2.05, 4.69) is 20.6 Å². The number of methoxy groups -OCH3 is 1. The summed E-state index contributed by atoms with van der Waals surface area (Å²) in [5, 5.41) is 5.99. The molecule has 0 aliphatic heterocycles. The van der Waals surface area contributed by atoms with Gasteiger partial charge in [0.25, 0.3) is 5.91 Å². The number of carbonyl (C=O) groups excluding carboxylic acids is 1. The SMILES string of the molecule is COc1cccc(CCNc2nccc(C(=O)Nc3ccc(C)cc3)n2)c1. The van der Waals surface area contributed by atoms with Crippen molar-refractivity contribution in [1.82, 2.24) is 9.97 Å². The van der Waals surface area contributed by atoms with Gasteiger partial charge in [0.05, 0.1) is 7.11 Å². The van der Waals surface area contributed by atoms with Crippen molar-refractivity contribution in [2.24, 2.45) is 0 Å². The summed E-state index contributed by atoms with van der Waals surface area (Å²) in [6.07, 6.45) is 2.37. The van der Waals surface area contributed by atoms with Crippen LogP contribution in [-0.4, -0.2) is 29.5 Å². The van der Waals surface area contributed by atoms with E-state index < -0.39 is 0 Å². The molecule has 0 bridgehead atoms. The van der Waals surface area contributed by atoms with Crippen molar-refractivity contribution >= 4 is 17.5 Å². The fourth-order valence-electron chi connectivity index (χ4n) is 2.55. The Morgan fingerprint density at radius 3 is 2.70 bits per heavy atom. The summed E-state index contributed by atoms with van der Waals surface area (Å²) < 4.78 is 5.23. The van der Waals surface area contributed by atoms with E-state index in [0.717, 1.165) is 29.0 Å². The van der Waals surface area contributed by atoms with Crippen LogP contribution in [0.5, 0.6) is 5.75 Å². The number of rotatable bonds is 7. The second kappa shape index (κ2) is 8.80. The number of carbonyl (C=O) groups is 1. The number of nitrogens with zero attached hydrogens (tertiary/aromatic N) is 2. The Morgan fingerprint density at radius 2 is 1.93 bits per heavy atom. The third kappa shape index (κ3) is 5.28. The first kappa shape index (κ1) is 18.4. The summed E-state index contributed by atoms with van der Waals surface area (Å²) in [5.41, 5.74) is 3.33. The smallest absolute Gasteiger partial charge is 0.274 e. The Labute approximate surface area is 158 Å². The van der Waals surface area contributed by atoms with Gasteiger partial charge in [0.2, 0.25) is 5.95 Å². The monoisotopic (exact) mass is 362 g/mol. The molecule has 27 heavy (non-hydrogen) atoms. The molecule has 0 atom stereocenters. The largest absolute Gasteiger partial charge is 0.497 e. The number of benzene rings is 2. The van der Waals surface area contributed by atoms with Crippen LogP contribution < -0.4 is 15.4 Å². The van der Waals surface area contributed by atoms with E-state index in [0.29, 0.717) is 18.2 Å². The fraction of sp³-hybridized carbons (Fsp3) is 0.190. The summed E-state index contributed by atoms with van der Waals surface area (Å²) in [5.74, 6) is 0.991. The lowest BCUT2D eigenvalue weighted by atomic mass is 10.1. The molecule has 0 radical (unpaired) electrons. The molecule has 1 aromatic heterocycles. The van der Waals surface area contributed by atoms with E-state index in [1.807, 2.05) is 55.5 Å². The van der Waals surface area contributed by atoms with Crippen molar-refractivity contribution in [3.05, 3.63) is 77.6 Å². The van der Waals surface area contributed by atoms with Gasteiger partial charge in [-0.25, -0.2) is 9.97 Å². The zero-order chi connectivity index (χ0) is 19.1. The number of anilines is 2. The van der Waals surface area contributed by atoms with Gasteiger partial charge in [-0.15, -0.1) is 0 Å². The van der Waals surface area contributed by atoms with Crippen LogP contribution in [0.3, 0.4) is 0 Å². The van der Waals surface area contributed by atoms with Crippen LogP contribution in [0, 0.1) is 6.92 Å².